The van der Waals surface area contributed by atoms with E-state index in [2.05, 4.69) is 34.7 Å². The van der Waals surface area contributed by atoms with Gasteiger partial charge in [0.2, 0.25) is 0 Å². The smallest absolute Gasteiger partial charge is 0.260 e. The molecule has 0 saturated heterocycles. The van der Waals surface area contributed by atoms with Gasteiger partial charge >= 0.3 is 0 Å². The van der Waals surface area contributed by atoms with E-state index < -0.39 is 0 Å². The van der Waals surface area contributed by atoms with Gasteiger partial charge in [-0.15, -0.1) is 0 Å². The summed E-state index contributed by atoms with van der Waals surface area (Å²) in [5.74, 6) is -0.0808. The molecule has 0 saturated carbocycles. The minimum Gasteiger partial charge on any atom is -0.302 e. The van der Waals surface area contributed by atoms with E-state index in [1.54, 1.807) is 29.2 Å². The summed E-state index contributed by atoms with van der Waals surface area (Å²) in [7, 11) is 0. The highest BCUT2D eigenvalue weighted by Crippen LogP contribution is 2.31. The second-order valence-electron chi connectivity index (χ2n) is 6.10. The minimum absolute atomic E-state index is 0.0808. The van der Waals surface area contributed by atoms with Gasteiger partial charge in [0, 0.05) is 28.1 Å². The van der Waals surface area contributed by atoms with Gasteiger partial charge in [-0.3, -0.25) is 9.69 Å². The molecule has 3 rings (SSSR count). The molecule has 4 nitrogen and oxygen atoms in total. The summed E-state index contributed by atoms with van der Waals surface area (Å²) in [5.41, 5.74) is 1.47. The van der Waals surface area contributed by atoms with Gasteiger partial charge in [-0.05, 0) is 49.5 Å². The third kappa shape index (κ3) is 4.88. The normalized spacial score (nSPS) is 11.3. The van der Waals surface area contributed by atoms with Crippen LogP contribution in [-0.2, 0) is 0 Å². The number of benzene rings is 2. The van der Waals surface area contributed by atoms with Gasteiger partial charge in [-0.2, -0.15) is 0 Å². The maximum Gasteiger partial charge on any atom is 0.260 e. The van der Waals surface area contributed by atoms with Crippen molar-refractivity contribution in [1.82, 2.24) is 9.88 Å². The zero-order valence-electron chi connectivity index (χ0n) is 15.3. The molecule has 0 bridgehead atoms. The van der Waals surface area contributed by atoms with E-state index in [1.807, 2.05) is 18.2 Å². The summed E-state index contributed by atoms with van der Waals surface area (Å²) >= 11 is 11.1. The fourth-order valence-corrected chi connectivity index (χ4v) is 4.58. The summed E-state index contributed by atoms with van der Waals surface area (Å²) in [6.07, 6.45) is 0. The number of rotatable bonds is 7. The number of carbonyl (C=O) groups is 1. The average molecular weight is 467 g/mol. The molecule has 3 aromatic rings. The maximum atomic E-state index is 13.2. The van der Waals surface area contributed by atoms with E-state index in [0.717, 1.165) is 34.3 Å². The van der Waals surface area contributed by atoms with Crippen LogP contribution in [0.1, 0.15) is 24.2 Å². The highest BCUT2D eigenvalue weighted by Gasteiger charge is 2.22. The van der Waals surface area contributed by atoms with Gasteiger partial charge < -0.3 is 4.90 Å². The Bertz CT molecular complexity index is 942. The summed E-state index contributed by atoms with van der Waals surface area (Å²) in [4.78, 5) is 22.0. The van der Waals surface area contributed by atoms with Crippen LogP contribution in [0.4, 0.5) is 5.13 Å². The van der Waals surface area contributed by atoms with Crippen molar-refractivity contribution in [3.05, 3.63) is 57.5 Å². The van der Waals surface area contributed by atoms with Crippen molar-refractivity contribution >= 4 is 60.1 Å². The zero-order chi connectivity index (χ0) is 19.4. The molecule has 27 heavy (non-hydrogen) atoms. The van der Waals surface area contributed by atoms with Crippen LogP contribution in [0.3, 0.4) is 0 Å². The highest BCUT2D eigenvalue weighted by molar-refractivity contribution is 9.10. The molecule has 7 heteroatoms. The molecule has 0 N–H and O–H groups in total. The van der Waals surface area contributed by atoms with Crippen LogP contribution in [0.15, 0.2) is 46.9 Å². The van der Waals surface area contributed by atoms with Gasteiger partial charge in [-0.1, -0.05) is 58.8 Å². The first kappa shape index (κ1) is 20.3. The van der Waals surface area contributed by atoms with Gasteiger partial charge in [-0.25, -0.2) is 4.98 Å². The molecule has 1 heterocycles. The maximum absolute atomic E-state index is 13.2. The summed E-state index contributed by atoms with van der Waals surface area (Å²) < 4.78 is 2.05. The van der Waals surface area contributed by atoms with Crippen LogP contribution in [0.2, 0.25) is 5.02 Å². The summed E-state index contributed by atoms with van der Waals surface area (Å²) in [6.45, 7) is 7.52. The fraction of sp³-hybridized carbons (Fsp3) is 0.300. The number of carbonyl (C=O) groups excluding carboxylic acids is 1. The van der Waals surface area contributed by atoms with E-state index in [1.165, 1.54) is 11.3 Å². The highest BCUT2D eigenvalue weighted by atomic mass is 79.9. The topological polar surface area (TPSA) is 36.4 Å². The number of amides is 1. The summed E-state index contributed by atoms with van der Waals surface area (Å²) in [5, 5.41) is 1.26. The number of anilines is 1. The van der Waals surface area contributed by atoms with E-state index in [4.69, 9.17) is 16.6 Å². The first-order valence-electron chi connectivity index (χ1n) is 8.87. The van der Waals surface area contributed by atoms with Gasteiger partial charge in [0.25, 0.3) is 5.91 Å². The van der Waals surface area contributed by atoms with Crippen LogP contribution < -0.4 is 4.90 Å². The lowest BCUT2D eigenvalue weighted by molar-refractivity contribution is 0.0984. The molecule has 2 aromatic carbocycles. The Morgan fingerprint density at radius 1 is 1.15 bits per heavy atom. The van der Waals surface area contributed by atoms with E-state index in [0.29, 0.717) is 22.3 Å². The Balaban J connectivity index is 1.96. The predicted octanol–water partition coefficient (Wildman–Crippen LogP) is 5.70. The quantitative estimate of drug-likeness (QED) is 0.448. The molecule has 1 aromatic heterocycles. The monoisotopic (exact) mass is 465 g/mol. The molecule has 0 unspecified atom stereocenters. The number of aromatic nitrogens is 1. The van der Waals surface area contributed by atoms with Crippen molar-refractivity contribution in [3.8, 4) is 0 Å². The van der Waals surface area contributed by atoms with Gasteiger partial charge in [0.05, 0.1) is 10.2 Å². The Hall–Kier alpha value is -1.47. The number of hydrogen-bond donors (Lipinski definition) is 0. The number of hydrogen-bond acceptors (Lipinski definition) is 4. The van der Waals surface area contributed by atoms with Crippen molar-refractivity contribution in [2.24, 2.45) is 0 Å². The van der Waals surface area contributed by atoms with Crippen LogP contribution in [0, 0.1) is 0 Å². The molecular formula is C20H21BrClN3OS. The van der Waals surface area contributed by atoms with Crippen molar-refractivity contribution in [3.63, 3.8) is 0 Å². The van der Waals surface area contributed by atoms with Crippen molar-refractivity contribution < 1.29 is 4.79 Å². The van der Waals surface area contributed by atoms with Crippen molar-refractivity contribution in [1.29, 1.82) is 0 Å². The predicted molar refractivity (Wildman–Crippen MR) is 118 cm³/mol. The fourth-order valence-electron chi connectivity index (χ4n) is 2.84. The summed E-state index contributed by atoms with van der Waals surface area (Å²) in [6, 6.07) is 13.0. The molecule has 0 radical (unpaired) electrons. The first-order valence-corrected chi connectivity index (χ1v) is 10.9. The molecular weight excluding hydrogens is 446 g/mol. The number of nitrogens with zero attached hydrogens (tertiary/aromatic N) is 3. The second kappa shape index (κ2) is 9.15. The average Bonchev–Trinajstić information content (AvgIpc) is 3.07. The second-order valence-corrected chi connectivity index (χ2v) is 8.46. The van der Waals surface area contributed by atoms with Crippen LogP contribution >= 0.6 is 38.9 Å². The minimum atomic E-state index is -0.0808. The largest absolute Gasteiger partial charge is 0.302 e. The molecule has 0 aliphatic rings. The van der Waals surface area contributed by atoms with E-state index in [9.17, 15) is 4.79 Å². The Morgan fingerprint density at radius 2 is 1.93 bits per heavy atom. The van der Waals surface area contributed by atoms with Crippen molar-refractivity contribution in [2.45, 2.75) is 13.8 Å². The van der Waals surface area contributed by atoms with Crippen LogP contribution in [-0.4, -0.2) is 42.0 Å². The lowest BCUT2D eigenvalue weighted by Crippen LogP contribution is -2.38. The molecule has 0 fully saturated rings. The van der Waals surface area contributed by atoms with E-state index in [-0.39, 0.29) is 5.91 Å². The molecule has 1 amide bonds. The molecule has 0 spiro atoms. The number of halogens is 2. The van der Waals surface area contributed by atoms with Crippen LogP contribution in [0.5, 0.6) is 0 Å². The van der Waals surface area contributed by atoms with Crippen molar-refractivity contribution in [2.75, 3.05) is 31.1 Å². The SMILES string of the molecule is CCN(CC)CCN(C(=O)c1cccc(Cl)c1)c1nc2ccc(Br)cc2s1. The number of likely N-dealkylation sites (N-methyl/N-ethyl adjacent to an activating group) is 1. The molecule has 0 aliphatic carbocycles. The van der Waals surface area contributed by atoms with Crippen LogP contribution in [0.25, 0.3) is 10.2 Å². The third-order valence-corrected chi connectivity index (χ3v) is 6.19. The lowest BCUT2D eigenvalue weighted by atomic mass is 10.2. The zero-order valence-corrected chi connectivity index (χ0v) is 18.4. The standard InChI is InChI=1S/C20H21BrClN3OS/c1-3-24(4-2)10-11-25(19(26)14-6-5-7-16(22)12-14)20-23-17-9-8-15(21)13-18(17)27-20/h5-9,12-13H,3-4,10-11H2,1-2H3. The Labute approximate surface area is 176 Å². The Kier molecular flexibility index (Phi) is 6.87. The van der Waals surface area contributed by atoms with Gasteiger partial charge in [0.1, 0.15) is 0 Å². The molecule has 0 aliphatic heterocycles. The Morgan fingerprint density at radius 3 is 2.63 bits per heavy atom. The molecule has 142 valence electrons. The number of fused-ring (bicyclic) bond motifs is 1. The number of thiazole rings is 1. The molecule has 0 atom stereocenters. The first-order chi connectivity index (χ1) is 13.0. The third-order valence-electron chi connectivity index (χ3n) is 4.42. The van der Waals surface area contributed by atoms with E-state index >= 15 is 0 Å². The van der Waals surface area contributed by atoms with Gasteiger partial charge in [0.15, 0.2) is 5.13 Å². The lowest BCUT2D eigenvalue weighted by Gasteiger charge is -2.24.